The molecule has 3 heterocycles. The lowest BCUT2D eigenvalue weighted by Crippen LogP contribution is -2.56. The predicted octanol–water partition coefficient (Wildman–Crippen LogP) is 3.37. The van der Waals surface area contributed by atoms with Crippen molar-refractivity contribution in [2.24, 2.45) is 0 Å². The fraction of sp³-hybridized carbons (Fsp3) is 0.474. The maximum absolute atomic E-state index is 12.8. The Hall–Kier alpha value is -2.15. The molecule has 2 N–H and O–H groups in total. The van der Waals surface area contributed by atoms with E-state index < -0.39 is 20.2 Å². The van der Waals surface area contributed by atoms with E-state index in [4.69, 9.17) is 21.1 Å². The minimum Gasteiger partial charge on any atom is -0.474 e. The van der Waals surface area contributed by atoms with Crippen molar-refractivity contribution in [3.63, 3.8) is 0 Å². The van der Waals surface area contributed by atoms with Crippen LogP contribution < -0.4 is 15.4 Å². The van der Waals surface area contributed by atoms with Gasteiger partial charge in [0, 0.05) is 24.9 Å². The molecule has 0 aliphatic carbocycles. The summed E-state index contributed by atoms with van der Waals surface area (Å²) in [6, 6.07) is 3.17. The van der Waals surface area contributed by atoms with Crippen molar-refractivity contribution in [2.75, 3.05) is 18.5 Å². The van der Waals surface area contributed by atoms with Gasteiger partial charge in [-0.25, -0.2) is 18.4 Å². The monoisotopic (exact) mass is 492 g/mol. The van der Waals surface area contributed by atoms with E-state index in [1.807, 2.05) is 0 Å². The number of halogens is 4. The van der Waals surface area contributed by atoms with Gasteiger partial charge in [-0.3, -0.25) is 0 Å². The summed E-state index contributed by atoms with van der Waals surface area (Å²) in [4.78, 5) is 7.41. The number of anilines is 2. The number of alkyl halides is 3. The maximum atomic E-state index is 12.8. The lowest BCUT2D eigenvalue weighted by Gasteiger charge is -2.39. The van der Waals surface area contributed by atoms with E-state index in [1.54, 1.807) is 6.92 Å². The minimum atomic E-state index is -5.50. The molecule has 8 nitrogen and oxygen atoms in total. The zero-order chi connectivity index (χ0) is 23.1. The average Bonchev–Trinajstić information content (AvgIpc) is 2.71. The van der Waals surface area contributed by atoms with Crippen LogP contribution in [0.25, 0.3) is 0 Å². The number of benzene rings is 1. The summed E-state index contributed by atoms with van der Waals surface area (Å²) < 4.78 is 73.1. The van der Waals surface area contributed by atoms with Gasteiger partial charge in [0.05, 0.1) is 34.4 Å². The normalized spacial score (nSPS) is 23.6. The summed E-state index contributed by atoms with van der Waals surface area (Å²) in [5.41, 5.74) is -4.65. The summed E-state index contributed by atoms with van der Waals surface area (Å²) in [6.45, 7) is 2.99. The Kier molecular flexibility index (Phi) is 6.23. The number of morpholine rings is 1. The summed E-state index contributed by atoms with van der Waals surface area (Å²) in [6.07, 6.45) is 2.78. The van der Waals surface area contributed by atoms with Crippen LogP contribution in [0.4, 0.5) is 24.7 Å². The van der Waals surface area contributed by atoms with E-state index in [0.29, 0.717) is 30.5 Å². The van der Waals surface area contributed by atoms with Crippen LogP contribution in [0.3, 0.4) is 0 Å². The largest absolute Gasteiger partial charge is 0.501 e. The number of nitrogens with zero attached hydrogens (tertiary/aromatic N) is 2. The fourth-order valence-corrected chi connectivity index (χ4v) is 4.82. The number of rotatable bonds is 5. The first-order valence-electron chi connectivity index (χ1n) is 9.74. The highest BCUT2D eigenvalue weighted by atomic mass is 35.5. The van der Waals surface area contributed by atoms with Crippen LogP contribution in [0, 0.1) is 6.92 Å². The summed E-state index contributed by atoms with van der Waals surface area (Å²) >= 11 is 6.05. The zero-order valence-corrected chi connectivity index (χ0v) is 18.4. The Morgan fingerprint density at radius 2 is 1.91 bits per heavy atom. The van der Waals surface area contributed by atoms with E-state index in [9.17, 15) is 21.6 Å². The van der Waals surface area contributed by atoms with Crippen molar-refractivity contribution in [3.05, 3.63) is 35.1 Å². The van der Waals surface area contributed by atoms with E-state index in [-0.39, 0.29) is 28.9 Å². The van der Waals surface area contributed by atoms with Crippen LogP contribution in [0.2, 0.25) is 5.02 Å². The third kappa shape index (κ3) is 4.63. The molecule has 2 atom stereocenters. The number of hydrogen-bond donors (Lipinski definition) is 2. The van der Waals surface area contributed by atoms with Crippen LogP contribution in [0.15, 0.2) is 29.4 Å². The fourth-order valence-electron chi connectivity index (χ4n) is 3.74. The molecule has 32 heavy (non-hydrogen) atoms. The van der Waals surface area contributed by atoms with Crippen molar-refractivity contribution in [1.29, 1.82) is 0 Å². The summed E-state index contributed by atoms with van der Waals surface area (Å²) in [7, 11) is -5.50. The molecule has 2 saturated heterocycles. The highest BCUT2D eigenvalue weighted by Crippen LogP contribution is 2.35. The molecule has 174 valence electrons. The second-order valence-electron chi connectivity index (χ2n) is 7.68. The molecular weight excluding hydrogens is 473 g/mol. The molecule has 0 amide bonds. The van der Waals surface area contributed by atoms with E-state index >= 15 is 0 Å². The number of piperidine rings is 1. The van der Waals surface area contributed by atoms with Gasteiger partial charge >= 0.3 is 5.51 Å². The SMILES string of the molecule is Cc1c(Nc2ccc(S(=O)(=O)C(F)(F)F)cc2Cl)ncnc1OC1CC2COCC(C1)N2. The summed E-state index contributed by atoms with van der Waals surface area (Å²) in [5, 5.41) is 6.18. The van der Waals surface area contributed by atoms with Gasteiger partial charge in [0.25, 0.3) is 9.84 Å². The van der Waals surface area contributed by atoms with Crippen LogP contribution in [-0.2, 0) is 14.6 Å². The first kappa shape index (κ1) is 23.0. The molecule has 0 radical (unpaired) electrons. The molecular formula is C19H20ClF3N4O4S. The van der Waals surface area contributed by atoms with Gasteiger partial charge in [-0.15, -0.1) is 0 Å². The van der Waals surface area contributed by atoms with Crippen molar-refractivity contribution in [3.8, 4) is 5.88 Å². The molecule has 4 rings (SSSR count). The smallest absolute Gasteiger partial charge is 0.474 e. The molecule has 0 spiro atoms. The van der Waals surface area contributed by atoms with Crippen molar-refractivity contribution >= 4 is 32.9 Å². The van der Waals surface area contributed by atoms with Gasteiger partial charge in [-0.05, 0) is 25.1 Å². The quantitative estimate of drug-likeness (QED) is 0.655. The van der Waals surface area contributed by atoms with Crippen molar-refractivity contribution in [1.82, 2.24) is 15.3 Å². The highest BCUT2D eigenvalue weighted by Gasteiger charge is 2.47. The molecule has 13 heteroatoms. The third-order valence-corrected chi connectivity index (χ3v) is 7.13. The Labute approximate surface area is 187 Å². The third-order valence-electron chi connectivity index (χ3n) is 5.33. The first-order valence-corrected chi connectivity index (χ1v) is 11.6. The number of aromatic nitrogens is 2. The Bertz CT molecular complexity index is 1100. The first-order chi connectivity index (χ1) is 15.0. The lowest BCUT2D eigenvalue weighted by molar-refractivity contribution is -0.0436. The van der Waals surface area contributed by atoms with Gasteiger partial charge in [-0.2, -0.15) is 13.2 Å². The van der Waals surface area contributed by atoms with Gasteiger partial charge in [0.1, 0.15) is 18.2 Å². The molecule has 0 saturated carbocycles. The molecule has 2 bridgehead atoms. The Morgan fingerprint density at radius 3 is 2.53 bits per heavy atom. The molecule has 2 aliphatic heterocycles. The molecule has 1 aromatic heterocycles. The number of ether oxygens (including phenoxy) is 2. The predicted molar refractivity (Wildman–Crippen MR) is 110 cm³/mol. The molecule has 2 aromatic rings. The van der Waals surface area contributed by atoms with Crippen LogP contribution in [-0.4, -0.2) is 55.3 Å². The average molecular weight is 493 g/mol. The second kappa shape index (κ2) is 8.65. The van der Waals surface area contributed by atoms with Crippen LogP contribution in [0.5, 0.6) is 5.88 Å². The number of nitrogens with one attached hydrogen (secondary N) is 2. The molecule has 1 aromatic carbocycles. The molecule has 2 aliphatic rings. The maximum Gasteiger partial charge on any atom is 0.501 e. The minimum absolute atomic E-state index is 0.0490. The zero-order valence-electron chi connectivity index (χ0n) is 16.8. The van der Waals surface area contributed by atoms with E-state index in [2.05, 4.69) is 20.6 Å². The van der Waals surface area contributed by atoms with Crippen LogP contribution in [0.1, 0.15) is 18.4 Å². The van der Waals surface area contributed by atoms with Crippen LogP contribution >= 0.6 is 11.6 Å². The Morgan fingerprint density at radius 1 is 1.22 bits per heavy atom. The van der Waals surface area contributed by atoms with Crippen molar-refractivity contribution < 1.29 is 31.1 Å². The molecule has 2 fully saturated rings. The van der Waals surface area contributed by atoms with Crippen molar-refractivity contribution in [2.45, 2.75) is 48.4 Å². The Balaban J connectivity index is 1.52. The lowest BCUT2D eigenvalue weighted by atomic mass is 9.95. The second-order valence-corrected chi connectivity index (χ2v) is 10.0. The van der Waals surface area contributed by atoms with Gasteiger partial charge in [-0.1, -0.05) is 11.6 Å². The van der Waals surface area contributed by atoms with Gasteiger partial charge in [0.15, 0.2) is 0 Å². The van der Waals surface area contributed by atoms with Gasteiger partial charge < -0.3 is 20.1 Å². The number of hydrogen-bond acceptors (Lipinski definition) is 8. The van der Waals surface area contributed by atoms with Gasteiger partial charge in [0.2, 0.25) is 5.88 Å². The standard InChI is InChI=1S/C19H20ClF3N4O4S/c1-10-17(27-16-3-2-14(6-15(16)20)32(28,29)19(21,22)23)24-9-25-18(10)31-13-4-11-7-30-8-12(5-13)26-11/h2-3,6,9,11-13,26H,4-5,7-8H2,1H3,(H,24,25,27). The highest BCUT2D eigenvalue weighted by molar-refractivity contribution is 7.92. The topological polar surface area (TPSA) is 102 Å². The summed E-state index contributed by atoms with van der Waals surface area (Å²) in [5.74, 6) is 0.710. The number of sulfone groups is 1. The van der Waals surface area contributed by atoms with E-state index in [0.717, 1.165) is 31.0 Å². The number of fused-ring (bicyclic) bond motifs is 2. The van der Waals surface area contributed by atoms with E-state index in [1.165, 1.54) is 6.33 Å². The molecule has 2 unspecified atom stereocenters.